The third kappa shape index (κ3) is 3.55. The monoisotopic (exact) mass is 258 g/mol. The molecule has 0 aliphatic carbocycles. The Bertz CT molecular complexity index is 510. The van der Waals surface area contributed by atoms with Crippen LogP contribution in [0, 0.1) is 0 Å². The molecule has 1 aromatic rings. The Balaban J connectivity index is 2.09. The second-order valence-corrected chi connectivity index (χ2v) is 4.82. The van der Waals surface area contributed by atoms with Gasteiger partial charge in [0.25, 0.3) is 0 Å². The molecule has 0 saturated carbocycles. The van der Waals surface area contributed by atoms with Gasteiger partial charge in [0.05, 0.1) is 6.10 Å². The fourth-order valence-electron chi connectivity index (χ4n) is 1.95. The van der Waals surface area contributed by atoms with E-state index in [4.69, 9.17) is 9.47 Å². The minimum absolute atomic E-state index is 0.133. The van der Waals surface area contributed by atoms with Crippen molar-refractivity contribution in [2.75, 3.05) is 0 Å². The highest BCUT2D eigenvalue weighted by atomic mass is 16.7. The van der Waals surface area contributed by atoms with Gasteiger partial charge in [-0.25, -0.2) is 4.79 Å². The van der Waals surface area contributed by atoms with Crippen molar-refractivity contribution in [2.24, 2.45) is 0 Å². The highest BCUT2D eigenvalue weighted by Gasteiger charge is 2.27. The average Bonchev–Trinajstić information content (AvgIpc) is 2.69. The van der Waals surface area contributed by atoms with Crippen molar-refractivity contribution in [1.82, 2.24) is 0 Å². The standard InChI is InChI=1S/C16H18O3/c1-11(2)9-14-10-15(17)19-16(14)18-12(3)13-7-5-4-6-8-13/h4-10,12,16H,1-3H3/t12-,16?/m0/s1. The minimum atomic E-state index is -0.613. The van der Waals surface area contributed by atoms with E-state index in [1.807, 2.05) is 57.2 Å². The lowest BCUT2D eigenvalue weighted by Crippen LogP contribution is -2.18. The van der Waals surface area contributed by atoms with Crippen molar-refractivity contribution < 1.29 is 14.3 Å². The Labute approximate surface area is 113 Å². The third-order valence-electron chi connectivity index (χ3n) is 2.83. The summed E-state index contributed by atoms with van der Waals surface area (Å²) in [6, 6.07) is 9.86. The lowest BCUT2D eigenvalue weighted by molar-refractivity contribution is -0.166. The summed E-state index contributed by atoms with van der Waals surface area (Å²) < 4.78 is 11.0. The van der Waals surface area contributed by atoms with Crippen LogP contribution in [0.4, 0.5) is 0 Å². The fourth-order valence-corrected chi connectivity index (χ4v) is 1.95. The van der Waals surface area contributed by atoms with Gasteiger partial charge in [-0.05, 0) is 26.3 Å². The molecule has 1 aromatic carbocycles. The number of allylic oxidation sites excluding steroid dienone is 1. The lowest BCUT2D eigenvalue weighted by atomic mass is 10.1. The molecular weight excluding hydrogens is 240 g/mol. The molecule has 3 heteroatoms. The molecule has 0 amide bonds. The predicted octanol–water partition coefficient (Wildman–Crippen LogP) is 3.54. The zero-order chi connectivity index (χ0) is 13.8. The lowest BCUT2D eigenvalue weighted by Gasteiger charge is -2.19. The Morgan fingerprint density at radius 1 is 1.32 bits per heavy atom. The number of hydrogen-bond acceptors (Lipinski definition) is 3. The summed E-state index contributed by atoms with van der Waals surface area (Å²) >= 11 is 0. The second kappa shape index (κ2) is 5.85. The van der Waals surface area contributed by atoms with E-state index in [1.165, 1.54) is 6.08 Å². The summed E-state index contributed by atoms with van der Waals surface area (Å²) in [5, 5.41) is 0. The maximum atomic E-state index is 11.4. The largest absolute Gasteiger partial charge is 0.428 e. The number of esters is 1. The van der Waals surface area contributed by atoms with Crippen molar-refractivity contribution in [3.63, 3.8) is 0 Å². The van der Waals surface area contributed by atoms with E-state index in [2.05, 4.69) is 0 Å². The van der Waals surface area contributed by atoms with Gasteiger partial charge in [0, 0.05) is 11.6 Å². The zero-order valence-corrected chi connectivity index (χ0v) is 11.4. The summed E-state index contributed by atoms with van der Waals surface area (Å²) in [6.07, 6.45) is 2.64. The van der Waals surface area contributed by atoms with Crippen LogP contribution in [0.1, 0.15) is 32.4 Å². The molecule has 0 aromatic heterocycles. The van der Waals surface area contributed by atoms with Crippen molar-refractivity contribution in [2.45, 2.75) is 33.2 Å². The molecule has 1 unspecified atom stereocenters. The fraction of sp³-hybridized carbons (Fsp3) is 0.312. The van der Waals surface area contributed by atoms with Crippen molar-refractivity contribution in [3.8, 4) is 0 Å². The summed E-state index contributed by atoms with van der Waals surface area (Å²) in [7, 11) is 0. The average molecular weight is 258 g/mol. The van der Waals surface area contributed by atoms with E-state index in [1.54, 1.807) is 0 Å². The van der Waals surface area contributed by atoms with Crippen LogP contribution in [0.15, 0.2) is 53.6 Å². The SMILES string of the molecule is CC(C)=CC1=CC(=O)OC1O[C@@H](C)c1ccccc1. The number of carbonyl (C=O) groups excluding carboxylic acids is 1. The van der Waals surface area contributed by atoms with Crippen LogP contribution in [0.2, 0.25) is 0 Å². The van der Waals surface area contributed by atoms with Crippen LogP contribution in [-0.2, 0) is 14.3 Å². The maximum absolute atomic E-state index is 11.4. The molecule has 100 valence electrons. The molecule has 1 heterocycles. The number of rotatable bonds is 4. The summed E-state index contributed by atoms with van der Waals surface area (Å²) in [4.78, 5) is 11.4. The van der Waals surface area contributed by atoms with Gasteiger partial charge >= 0.3 is 5.97 Å². The molecule has 0 spiro atoms. The Morgan fingerprint density at radius 3 is 2.63 bits per heavy atom. The van der Waals surface area contributed by atoms with Gasteiger partial charge in [-0.1, -0.05) is 42.0 Å². The molecule has 1 aliphatic rings. The molecule has 1 aliphatic heterocycles. The van der Waals surface area contributed by atoms with Crippen LogP contribution in [0.5, 0.6) is 0 Å². The number of benzene rings is 1. The molecule has 0 radical (unpaired) electrons. The van der Waals surface area contributed by atoms with Crippen molar-refractivity contribution >= 4 is 5.97 Å². The summed E-state index contributed by atoms with van der Waals surface area (Å²) in [5.41, 5.74) is 2.93. The molecule has 0 bridgehead atoms. The molecule has 3 nitrogen and oxygen atoms in total. The van der Waals surface area contributed by atoms with E-state index < -0.39 is 6.29 Å². The Morgan fingerprint density at radius 2 is 2.00 bits per heavy atom. The number of ether oxygens (including phenoxy) is 2. The Kier molecular flexibility index (Phi) is 4.17. The molecule has 0 fully saturated rings. The zero-order valence-electron chi connectivity index (χ0n) is 11.4. The molecule has 2 atom stereocenters. The second-order valence-electron chi connectivity index (χ2n) is 4.82. The normalized spacial score (nSPS) is 19.6. The number of hydrogen-bond donors (Lipinski definition) is 0. The van der Waals surface area contributed by atoms with Crippen molar-refractivity contribution in [1.29, 1.82) is 0 Å². The van der Waals surface area contributed by atoms with Crippen molar-refractivity contribution in [3.05, 3.63) is 59.2 Å². The van der Waals surface area contributed by atoms with Crippen LogP contribution in [0.25, 0.3) is 0 Å². The van der Waals surface area contributed by atoms with Gasteiger partial charge in [0.2, 0.25) is 6.29 Å². The van der Waals surface area contributed by atoms with Crippen LogP contribution >= 0.6 is 0 Å². The first-order chi connectivity index (χ1) is 9.06. The van der Waals surface area contributed by atoms with Crippen LogP contribution < -0.4 is 0 Å². The molecule has 0 saturated heterocycles. The summed E-state index contributed by atoms with van der Waals surface area (Å²) in [5.74, 6) is -0.349. The predicted molar refractivity (Wildman–Crippen MR) is 73.3 cm³/mol. The number of cyclic esters (lactones) is 1. The first kappa shape index (κ1) is 13.6. The van der Waals surface area contributed by atoms with E-state index in [0.29, 0.717) is 0 Å². The van der Waals surface area contributed by atoms with Gasteiger partial charge in [-0.15, -0.1) is 0 Å². The number of carbonyl (C=O) groups is 1. The third-order valence-corrected chi connectivity index (χ3v) is 2.83. The molecule has 19 heavy (non-hydrogen) atoms. The van der Waals surface area contributed by atoms with Crippen LogP contribution in [0.3, 0.4) is 0 Å². The van der Waals surface area contributed by atoms with Gasteiger partial charge in [-0.3, -0.25) is 0 Å². The highest BCUT2D eigenvalue weighted by Crippen LogP contribution is 2.26. The maximum Gasteiger partial charge on any atom is 0.333 e. The van der Waals surface area contributed by atoms with Gasteiger partial charge in [0.15, 0.2) is 0 Å². The molecule has 0 N–H and O–H groups in total. The van der Waals surface area contributed by atoms with E-state index in [9.17, 15) is 4.79 Å². The minimum Gasteiger partial charge on any atom is -0.428 e. The van der Waals surface area contributed by atoms with Gasteiger partial charge < -0.3 is 9.47 Å². The van der Waals surface area contributed by atoms with E-state index in [0.717, 1.165) is 16.7 Å². The summed E-state index contributed by atoms with van der Waals surface area (Å²) in [6.45, 7) is 5.89. The van der Waals surface area contributed by atoms with Gasteiger partial charge in [-0.2, -0.15) is 0 Å². The molecule has 2 rings (SSSR count). The van der Waals surface area contributed by atoms with Gasteiger partial charge in [0.1, 0.15) is 0 Å². The Hall–Kier alpha value is -1.87. The first-order valence-corrected chi connectivity index (χ1v) is 6.34. The quantitative estimate of drug-likeness (QED) is 0.775. The van der Waals surface area contributed by atoms with E-state index in [-0.39, 0.29) is 12.1 Å². The smallest absolute Gasteiger partial charge is 0.333 e. The van der Waals surface area contributed by atoms with E-state index >= 15 is 0 Å². The van der Waals surface area contributed by atoms with Crippen LogP contribution in [-0.4, -0.2) is 12.3 Å². The highest BCUT2D eigenvalue weighted by molar-refractivity contribution is 5.86. The first-order valence-electron chi connectivity index (χ1n) is 6.34. The molecular formula is C16H18O3. The topological polar surface area (TPSA) is 35.5 Å².